The molecule has 0 fully saturated rings. The van der Waals surface area contributed by atoms with Gasteiger partial charge in [0.2, 0.25) is 0 Å². The Morgan fingerprint density at radius 3 is 0.673 bits per heavy atom. The van der Waals surface area contributed by atoms with Crippen molar-refractivity contribution in [3.63, 3.8) is 0 Å². The monoisotopic (exact) mass is 718 g/mol. The molecule has 266 valence electrons. The summed E-state index contributed by atoms with van der Waals surface area (Å²) in [5.41, 5.74) is 21.8. The topological polar surface area (TPSA) is 0 Å². The van der Waals surface area contributed by atoms with Gasteiger partial charge in [0.1, 0.15) is 0 Å². The predicted molar refractivity (Wildman–Crippen MR) is 236 cm³/mol. The maximum absolute atomic E-state index is 2.56. The molecule has 6 rings (SSSR count). The van der Waals surface area contributed by atoms with Crippen molar-refractivity contribution in [3.05, 3.63) is 163 Å². The van der Waals surface area contributed by atoms with Crippen molar-refractivity contribution in [1.29, 1.82) is 0 Å². The van der Waals surface area contributed by atoms with Gasteiger partial charge in [0.25, 0.3) is 0 Å². The van der Waals surface area contributed by atoms with Gasteiger partial charge < -0.3 is 0 Å². The minimum Gasteiger partial charge on any atom is -0.0563 e. The molecule has 0 aromatic heterocycles. The molecular formula is C50H56P2. The van der Waals surface area contributed by atoms with E-state index in [4.69, 9.17) is 0 Å². The largest absolute Gasteiger partial charge is 0.0563 e. The number of benzene rings is 6. The van der Waals surface area contributed by atoms with Gasteiger partial charge in [-0.05, 0) is 189 Å². The minimum absolute atomic E-state index is 0.883. The SMILES string of the molecule is Cc1cc(C)cc(P(c2cc(C)cc(C)c2)c2cc(C)c(C)c(C)c2-c2c(P(c3cc(C)cc(C)c3)c3cc(C)cc(C)c3)cc(C)c(C)c2C)c1. The third kappa shape index (κ3) is 7.49. The lowest BCUT2D eigenvalue weighted by atomic mass is 9.88. The third-order valence-corrected chi connectivity index (χ3v) is 15.6. The van der Waals surface area contributed by atoms with Crippen LogP contribution in [0, 0.1) is 96.9 Å². The fourth-order valence-electron chi connectivity index (χ4n) is 8.28. The van der Waals surface area contributed by atoms with Crippen LogP contribution in [-0.4, -0.2) is 0 Å². The van der Waals surface area contributed by atoms with Crippen LogP contribution in [0.25, 0.3) is 11.1 Å². The smallest absolute Gasteiger partial charge is 0.00588 e. The first-order valence-electron chi connectivity index (χ1n) is 18.7. The van der Waals surface area contributed by atoms with E-state index in [0.29, 0.717) is 0 Å². The highest BCUT2D eigenvalue weighted by molar-refractivity contribution is 7.80. The van der Waals surface area contributed by atoms with Crippen molar-refractivity contribution in [1.82, 2.24) is 0 Å². The predicted octanol–water partition coefficient (Wildman–Crippen LogP) is 11.2. The molecule has 6 aromatic rings. The summed E-state index contributed by atoms with van der Waals surface area (Å²) in [5.74, 6) is 0. The summed E-state index contributed by atoms with van der Waals surface area (Å²) in [6.07, 6.45) is 0. The molecule has 0 saturated heterocycles. The van der Waals surface area contributed by atoms with Gasteiger partial charge in [-0.15, -0.1) is 0 Å². The fraction of sp³-hybridized carbons (Fsp3) is 0.280. The average Bonchev–Trinajstić information content (AvgIpc) is 3.02. The molecule has 0 N–H and O–H groups in total. The Hall–Kier alpha value is -3.82. The van der Waals surface area contributed by atoms with Crippen LogP contribution in [0.4, 0.5) is 0 Å². The van der Waals surface area contributed by atoms with E-state index in [1.54, 1.807) is 0 Å². The van der Waals surface area contributed by atoms with Crippen molar-refractivity contribution in [2.45, 2.75) is 96.9 Å². The summed E-state index contributed by atoms with van der Waals surface area (Å²) in [7, 11) is -1.77. The second-order valence-corrected chi connectivity index (χ2v) is 20.1. The van der Waals surface area contributed by atoms with E-state index < -0.39 is 15.8 Å². The van der Waals surface area contributed by atoms with Crippen LogP contribution >= 0.6 is 15.8 Å². The Morgan fingerprint density at radius 2 is 0.462 bits per heavy atom. The Morgan fingerprint density at radius 1 is 0.250 bits per heavy atom. The van der Waals surface area contributed by atoms with E-state index in [1.165, 1.54) is 121 Å². The lowest BCUT2D eigenvalue weighted by molar-refractivity contribution is 1.25. The average molecular weight is 719 g/mol. The minimum atomic E-state index is -0.883. The number of aryl methyl sites for hydroxylation is 10. The van der Waals surface area contributed by atoms with Gasteiger partial charge in [-0.2, -0.15) is 0 Å². The first-order chi connectivity index (χ1) is 24.5. The normalized spacial score (nSPS) is 11.6. The first kappa shape index (κ1) is 37.9. The van der Waals surface area contributed by atoms with E-state index in [1.807, 2.05) is 0 Å². The Labute approximate surface area is 317 Å². The van der Waals surface area contributed by atoms with Gasteiger partial charge in [-0.3, -0.25) is 0 Å². The number of rotatable bonds is 7. The first-order valence-corrected chi connectivity index (χ1v) is 21.4. The van der Waals surface area contributed by atoms with E-state index in [9.17, 15) is 0 Å². The highest BCUT2D eigenvalue weighted by atomic mass is 31.1. The molecule has 0 nitrogen and oxygen atoms in total. The molecule has 0 heterocycles. The molecule has 2 heteroatoms. The fourth-order valence-corrected chi connectivity index (χ4v) is 14.3. The molecule has 0 radical (unpaired) electrons. The van der Waals surface area contributed by atoms with Crippen LogP contribution in [-0.2, 0) is 0 Å². The van der Waals surface area contributed by atoms with Crippen LogP contribution in [0.2, 0.25) is 0 Å². The molecular weight excluding hydrogens is 662 g/mol. The summed E-state index contributed by atoms with van der Waals surface area (Å²) in [4.78, 5) is 0. The molecule has 0 unspecified atom stereocenters. The molecule has 0 aliphatic heterocycles. The van der Waals surface area contributed by atoms with Crippen LogP contribution < -0.4 is 31.8 Å². The Kier molecular flexibility index (Phi) is 10.9. The van der Waals surface area contributed by atoms with Crippen LogP contribution in [0.1, 0.15) is 77.9 Å². The van der Waals surface area contributed by atoms with Gasteiger partial charge in [-0.25, -0.2) is 0 Å². The summed E-state index contributed by atoms with van der Waals surface area (Å²) < 4.78 is 0. The van der Waals surface area contributed by atoms with Crippen molar-refractivity contribution in [2.75, 3.05) is 0 Å². The zero-order valence-electron chi connectivity index (χ0n) is 34.0. The molecule has 6 aromatic carbocycles. The van der Waals surface area contributed by atoms with Crippen molar-refractivity contribution >= 4 is 47.7 Å². The zero-order chi connectivity index (χ0) is 37.8. The molecule has 0 aliphatic carbocycles. The molecule has 0 saturated carbocycles. The van der Waals surface area contributed by atoms with Crippen LogP contribution in [0.5, 0.6) is 0 Å². The maximum atomic E-state index is 2.56. The van der Waals surface area contributed by atoms with Gasteiger partial charge in [0.15, 0.2) is 0 Å². The highest BCUT2D eigenvalue weighted by Gasteiger charge is 2.30. The van der Waals surface area contributed by atoms with E-state index in [2.05, 4.69) is 182 Å². The molecule has 0 amide bonds. The lowest BCUT2D eigenvalue weighted by Crippen LogP contribution is -2.29. The van der Waals surface area contributed by atoms with Gasteiger partial charge >= 0.3 is 0 Å². The summed E-state index contributed by atoms with van der Waals surface area (Å²) in [5, 5.41) is 8.64. The van der Waals surface area contributed by atoms with Gasteiger partial charge in [0, 0.05) is 0 Å². The number of hydrogen-bond acceptors (Lipinski definition) is 0. The van der Waals surface area contributed by atoms with Crippen LogP contribution in [0.3, 0.4) is 0 Å². The van der Waals surface area contributed by atoms with Crippen LogP contribution in [0.15, 0.2) is 84.9 Å². The molecule has 0 bridgehead atoms. The number of hydrogen-bond donors (Lipinski definition) is 0. The second kappa shape index (κ2) is 14.9. The van der Waals surface area contributed by atoms with Crippen molar-refractivity contribution in [3.8, 4) is 11.1 Å². The quantitative estimate of drug-likeness (QED) is 0.144. The summed E-state index contributed by atoms with van der Waals surface area (Å²) in [6.45, 7) is 32.1. The van der Waals surface area contributed by atoms with Gasteiger partial charge in [0.05, 0.1) is 0 Å². The lowest BCUT2D eigenvalue weighted by Gasteiger charge is -2.31. The van der Waals surface area contributed by atoms with E-state index >= 15 is 0 Å². The summed E-state index contributed by atoms with van der Waals surface area (Å²) >= 11 is 0. The standard InChI is InChI=1S/C50H56P2/c1-29-15-30(2)20-43(19-29)51(44-21-31(3)16-32(4)22-44)47-27-37(9)39(11)41(13)49(47)50-42(14)40(12)38(10)28-48(50)52(45-23-33(5)17-34(6)24-45)46-25-35(7)18-36(8)26-46/h15-28H,1-14H3. The van der Waals surface area contributed by atoms with E-state index in [0.717, 1.165) is 0 Å². The highest BCUT2D eigenvalue weighted by Crippen LogP contribution is 2.46. The maximum Gasteiger partial charge on any atom is -0.00588 e. The second-order valence-electron chi connectivity index (χ2n) is 15.7. The molecule has 0 spiro atoms. The van der Waals surface area contributed by atoms with E-state index in [-0.39, 0.29) is 0 Å². The third-order valence-electron chi connectivity index (χ3n) is 10.9. The van der Waals surface area contributed by atoms with Crippen molar-refractivity contribution in [2.24, 2.45) is 0 Å². The summed E-state index contributed by atoms with van der Waals surface area (Å²) in [6, 6.07) is 34.0. The Balaban J connectivity index is 1.81. The molecule has 52 heavy (non-hydrogen) atoms. The van der Waals surface area contributed by atoms with Crippen molar-refractivity contribution < 1.29 is 0 Å². The zero-order valence-corrected chi connectivity index (χ0v) is 35.8. The molecule has 0 atom stereocenters. The Bertz CT molecular complexity index is 2000. The van der Waals surface area contributed by atoms with Gasteiger partial charge in [-0.1, -0.05) is 129 Å². The molecule has 0 aliphatic rings.